The molecule has 1 N–H and O–H groups in total. The molecule has 3 unspecified atom stereocenters. The molecule has 1 aromatic rings. The molecule has 3 atom stereocenters. The summed E-state index contributed by atoms with van der Waals surface area (Å²) in [6.07, 6.45) is 3.44. The van der Waals surface area contributed by atoms with E-state index < -0.39 is 12.0 Å². The van der Waals surface area contributed by atoms with Crippen LogP contribution in [0.25, 0.3) is 0 Å². The van der Waals surface area contributed by atoms with Gasteiger partial charge in [0.1, 0.15) is 6.04 Å². The Bertz CT molecular complexity index is 596. The van der Waals surface area contributed by atoms with Crippen LogP contribution >= 0.6 is 0 Å². The van der Waals surface area contributed by atoms with Crippen molar-refractivity contribution in [1.82, 2.24) is 4.90 Å². The van der Waals surface area contributed by atoms with Gasteiger partial charge in [-0.05, 0) is 35.7 Å². The van der Waals surface area contributed by atoms with E-state index in [-0.39, 0.29) is 17.2 Å². The van der Waals surface area contributed by atoms with Crippen molar-refractivity contribution >= 4 is 11.9 Å². The summed E-state index contributed by atoms with van der Waals surface area (Å²) in [5, 5.41) is 9.60. The average Bonchev–Trinajstić information content (AvgIpc) is 3.07. The van der Waals surface area contributed by atoms with E-state index in [9.17, 15) is 14.7 Å². The molecule has 0 aromatic heterocycles. The summed E-state index contributed by atoms with van der Waals surface area (Å²) in [5.74, 6) is -0.345. The zero-order chi connectivity index (χ0) is 16.6. The first kappa shape index (κ1) is 16.0. The normalized spacial score (nSPS) is 27.0. The highest BCUT2D eigenvalue weighted by molar-refractivity contribution is 5.85. The summed E-state index contributed by atoms with van der Waals surface area (Å²) in [6, 6.07) is 9.34. The Labute approximate surface area is 137 Å². The monoisotopic (exact) mass is 315 g/mol. The second-order valence-electron chi connectivity index (χ2n) is 7.61. The minimum atomic E-state index is -0.842. The number of hydrogen-bond donors (Lipinski definition) is 1. The molecule has 2 fully saturated rings. The molecule has 1 aliphatic heterocycles. The molecule has 4 nitrogen and oxygen atoms in total. The van der Waals surface area contributed by atoms with Gasteiger partial charge in [0.05, 0.1) is 0 Å². The molecular formula is C19H25NO3. The molecule has 124 valence electrons. The molecule has 1 aliphatic carbocycles. The zero-order valence-electron chi connectivity index (χ0n) is 13.9. The molecule has 0 spiro atoms. The van der Waals surface area contributed by atoms with Gasteiger partial charge in [-0.25, -0.2) is 4.79 Å². The number of fused-ring (bicyclic) bond motifs is 1. The van der Waals surface area contributed by atoms with Gasteiger partial charge in [-0.15, -0.1) is 0 Å². The van der Waals surface area contributed by atoms with Gasteiger partial charge >= 0.3 is 5.97 Å². The van der Waals surface area contributed by atoms with E-state index in [1.54, 1.807) is 4.90 Å². The second kappa shape index (κ2) is 5.99. The lowest BCUT2D eigenvalue weighted by Crippen LogP contribution is -2.45. The Morgan fingerprint density at radius 1 is 1.22 bits per heavy atom. The van der Waals surface area contributed by atoms with E-state index in [2.05, 4.69) is 0 Å². The molecule has 1 saturated heterocycles. The third-order valence-corrected chi connectivity index (χ3v) is 5.61. The first-order valence-electron chi connectivity index (χ1n) is 8.48. The summed E-state index contributed by atoms with van der Waals surface area (Å²) in [7, 11) is 0. The van der Waals surface area contributed by atoms with Crippen LogP contribution < -0.4 is 0 Å². The molecule has 23 heavy (non-hydrogen) atoms. The smallest absolute Gasteiger partial charge is 0.326 e. The Morgan fingerprint density at radius 2 is 1.91 bits per heavy atom. The van der Waals surface area contributed by atoms with Crippen molar-refractivity contribution in [2.75, 3.05) is 6.54 Å². The standard InChI is InChI=1S/C19H25NO3/c1-19(2,14-8-4-3-5-9-14)11-16(21)20-12-13-7-6-10-15(13)17(20)18(22)23/h3-5,8-9,13,15,17H,6-7,10-12H2,1-2H3,(H,22,23). The predicted molar refractivity (Wildman–Crippen MR) is 88.1 cm³/mol. The van der Waals surface area contributed by atoms with E-state index in [0.29, 0.717) is 18.9 Å². The first-order chi connectivity index (χ1) is 10.9. The molecule has 1 heterocycles. The van der Waals surface area contributed by atoms with Crippen LogP contribution in [0.1, 0.15) is 45.1 Å². The summed E-state index contributed by atoms with van der Waals surface area (Å²) in [4.78, 5) is 26.2. The first-order valence-corrected chi connectivity index (χ1v) is 8.48. The quantitative estimate of drug-likeness (QED) is 0.929. The number of aliphatic carboxylic acids is 1. The summed E-state index contributed by atoms with van der Waals surface area (Å²) in [6.45, 7) is 4.71. The van der Waals surface area contributed by atoms with Crippen LogP contribution in [0.4, 0.5) is 0 Å². The van der Waals surface area contributed by atoms with Gasteiger partial charge in [-0.3, -0.25) is 4.79 Å². The number of rotatable bonds is 4. The van der Waals surface area contributed by atoms with Crippen molar-refractivity contribution < 1.29 is 14.7 Å². The maximum absolute atomic E-state index is 12.8. The maximum Gasteiger partial charge on any atom is 0.326 e. The lowest BCUT2D eigenvalue weighted by molar-refractivity contribution is -0.150. The fourth-order valence-electron chi connectivity index (χ4n) is 4.35. The van der Waals surface area contributed by atoms with Crippen LogP contribution in [0, 0.1) is 11.8 Å². The minimum absolute atomic E-state index is 0.0272. The number of carboxylic acids is 1. The van der Waals surface area contributed by atoms with Crippen LogP contribution in [-0.4, -0.2) is 34.5 Å². The molecule has 3 rings (SSSR count). The van der Waals surface area contributed by atoms with Crippen molar-refractivity contribution in [3.8, 4) is 0 Å². The van der Waals surface area contributed by atoms with Crippen molar-refractivity contribution in [2.45, 2.75) is 51.0 Å². The maximum atomic E-state index is 12.8. The number of amides is 1. The molecule has 1 aromatic carbocycles. The summed E-state index contributed by atoms with van der Waals surface area (Å²) in [5.41, 5.74) is 0.818. The Hall–Kier alpha value is -1.84. The van der Waals surface area contributed by atoms with Crippen LogP contribution in [0.2, 0.25) is 0 Å². The number of benzene rings is 1. The predicted octanol–water partition coefficient (Wildman–Crippen LogP) is 3.07. The number of carbonyl (C=O) groups excluding carboxylic acids is 1. The van der Waals surface area contributed by atoms with Crippen molar-refractivity contribution in [1.29, 1.82) is 0 Å². The van der Waals surface area contributed by atoms with E-state index >= 15 is 0 Å². The molecule has 0 radical (unpaired) electrons. The number of carbonyl (C=O) groups is 2. The molecular weight excluding hydrogens is 290 g/mol. The molecule has 1 amide bonds. The Morgan fingerprint density at radius 3 is 2.57 bits per heavy atom. The highest BCUT2D eigenvalue weighted by Gasteiger charge is 2.49. The lowest BCUT2D eigenvalue weighted by atomic mass is 9.81. The number of likely N-dealkylation sites (tertiary alicyclic amines) is 1. The largest absolute Gasteiger partial charge is 0.480 e. The van der Waals surface area contributed by atoms with Gasteiger partial charge in [0.25, 0.3) is 0 Å². The highest BCUT2D eigenvalue weighted by Crippen LogP contribution is 2.43. The SMILES string of the molecule is CC(C)(CC(=O)N1CC2CCCC2C1C(=O)O)c1ccccc1. The van der Waals surface area contributed by atoms with Gasteiger partial charge < -0.3 is 10.0 Å². The van der Waals surface area contributed by atoms with Gasteiger partial charge in [0, 0.05) is 13.0 Å². The Balaban J connectivity index is 1.76. The number of hydrogen-bond acceptors (Lipinski definition) is 2. The highest BCUT2D eigenvalue weighted by atomic mass is 16.4. The van der Waals surface area contributed by atoms with Gasteiger partial charge in [0.2, 0.25) is 5.91 Å². The number of carboxylic acid groups (broad SMARTS) is 1. The minimum Gasteiger partial charge on any atom is -0.480 e. The molecule has 2 aliphatic rings. The fourth-order valence-corrected chi connectivity index (χ4v) is 4.35. The average molecular weight is 315 g/mol. The van der Waals surface area contributed by atoms with Crippen molar-refractivity contribution in [3.63, 3.8) is 0 Å². The molecule has 4 heteroatoms. The van der Waals surface area contributed by atoms with Crippen LogP contribution in [0.15, 0.2) is 30.3 Å². The van der Waals surface area contributed by atoms with Crippen LogP contribution in [0.3, 0.4) is 0 Å². The molecule has 1 saturated carbocycles. The van der Waals surface area contributed by atoms with Gasteiger partial charge in [-0.1, -0.05) is 50.6 Å². The van der Waals surface area contributed by atoms with Crippen LogP contribution in [0.5, 0.6) is 0 Å². The summed E-state index contributed by atoms with van der Waals surface area (Å²) < 4.78 is 0. The second-order valence-corrected chi connectivity index (χ2v) is 7.61. The van der Waals surface area contributed by atoms with Crippen molar-refractivity contribution in [3.05, 3.63) is 35.9 Å². The van der Waals surface area contributed by atoms with Crippen LogP contribution in [-0.2, 0) is 15.0 Å². The fraction of sp³-hybridized carbons (Fsp3) is 0.579. The lowest BCUT2D eigenvalue weighted by Gasteiger charge is -2.30. The van der Waals surface area contributed by atoms with Gasteiger partial charge in [0.15, 0.2) is 0 Å². The summed E-state index contributed by atoms with van der Waals surface area (Å²) >= 11 is 0. The zero-order valence-corrected chi connectivity index (χ0v) is 13.9. The molecule has 0 bridgehead atoms. The third-order valence-electron chi connectivity index (χ3n) is 5.61. The van der Waals surface area contributed by atoms with Crippen molar-refractivity contribution in [2.24, 2.45) is 11.8 Å². The van der Waals surface area contributed by atoms with Gasteiger partial charge in [-0.2, -0.15) is 0 Å². The van der Waals surface area contributed by atoms with E-state index in [4.69, 9.17) is 0 Å². The number of nitrogens with zero attached hydrogens (tertiary/aromatic N) is 1. The van der Waals surface area contributed by atoms with E-state index in [1.807, 2.05) is 44.2 Å². The van der Waals surface area contributed by atoms with E-state index in [1.165, 1.54) is 0 Å². The van der Waals surface area contributed by atoms with E-state index in [0.717, 1.165) is 24.8 Å². The Kier molecular flexibility index (Phi) is 4.17. The third kappa shape index (κ3) is 2.99. The topological polar surface area (TPSA) is 57.6 Å².